The SMILES string of the molecule is O=Cc1cncc(OCCCN(Cc2ccc(C(F)(F)F)cc2C(F)(F)F)c2ccccn2)c1. The van der Waals surface area contributed by atoms with E-state index >= 15 is 0 Å². The van der Waals surface area contributed by atoms with Gasteiger partial charge in [-0.05, 0) is 42.3 Å². The van der Waals surface area contributed by atoms with Crippen LogP contribution in [0.15, 0.2) is 61.1 Å². The number of rotatable bonds is 9. The molecule has 0 saturated carbocycles. The molecule has 0 bridgehead atoms. The predicted octanol–water partition coefficient (Wildman–Crippen LogP) is 5.80. The zero-order valence-corrected chi connectivity index (χ0v) is 17.6. The van der Waals surface area contributed by atoms with E-state index in [2.05, 4.69) is 9.97 Å². The van der Waals surface area contributed by atoms with E-state index in [9.17, 15) is 31.1 Å². The molecule has 2 aromatic heterocycles. The average molecular weight is 483 g/mol. The zero-order chi connectivity index (χ0) is 24.8. The Morgan fingerprint density at radius 2 is 1.76 bits per heavy atom. The van der Waals surface area contributed by atoms with E-state index in [0.29, 0.717) is 35.9 Å². The molecule has 0 aliphatic rings. The molecule has 3 aromatic rings. The van der Waals surface area contributed by atoms with Gasteiger partial charge in [-0.1, -0.05) is 12.1 Å². The minimum absolute atomic E-state index is 0.127. The van der Waals surface area contributed by atoms with E-state index in [1.165, 1.54) is 29.6 Å². The Morgan fingerprint density at radius 1 is 0.971 bits per heavy atom. The maximum atomic E-state index is 13.6. The fourth-order valence-electron chi connectivity index (χ4n) is 3.20. The van der Waals surface area contributed by atoms with Gasteiger partial charge >= 0.3 is 12.4 Å². The molecule has 5 nitrogen and oxygen atoms in total. The van der Waals surface area contributed by atoms with E-state index in [1.54, 1.807) is 18.2 Å². The molecule has 0 atom stereocenters. The monoisotopic (exact) mass is 483 g/mol. The van der Waals surface area contributed by atoms with Crippen LogP contribution in [0.5, 0.6) is 5.75 Å². The predicted molar refractivity (Wildman–Crippen MR) is 111 cm³/mol. The van der Waals surface area contributed by atoms with Crippen LogP contribution in [0.4, 0.5) is 32.2 Å². The standard InChI is InChI=1S/C23H19F6N3O2/c24-22(25,26)18-6-5-17(20(11-18)23(27,28)29)14-32(21-4-1-2-7-31-21)8-3-9-34-19-10-16(15-33)12-30-13-19/h1-2,4-7,10-13,15H,3,8-9,14H2. The van der Waals surface area contributed by atoms with Crippen molar-refractivity contribution in [1.29, 1.82) is 0 Å². The van der Waals surface area contributed by atoms with Crippen molar-refractivity contribution >= 4 is 12.1 Å². The Labute approximate surface area is 191 Å². The van der Waals surface area contributed by atoms with Crippen molar-refractivity contribution in [2.24, 2.45) is 0 Å². The molecule has 180 valence electrons. The second kappa shape index (κ2) is 10.5. The van der Waals surface area contributed by atoms with Crippen LogP contribution in [0.2, 0.25) is 0 Å². The number of nitrogens with zero attached hydrogens (tertiary/aromatic N) is 3. The van der Waals surface area contributed by atoms with Gasteiger partial charge in [0.05, 0.1) is 23.9 Å². The molecule has 0 aliphatic carbocycles. The minimum Gasteiger partial charge on any atom is -0.492 e. The van der Waals surface area contributed by atoms with Crippen molar-refractivity contribution in [3.63, 3.8) is 0 Å². The van der Waals surface area contributed by atoms with Crippen LogP contribution in [0.3, 0.4) is 0 Å². The van der Waals surface area contributed by atoms with Gasteiger partial charge in [0, 0.05) is 31.0 Å². The van der Waals surface area contributed by atoms with Gasteiger partial charge in [0.1, 0.15) is 11.6 Å². The first kappa shape index (κ1) is 25.0. The average Bonchev–Trinajstić information content (AvgIpc) is 2.80. The molecule has 3 rings (SSSR count). The van der Waals surface area contributed by atoms with Gasteiger partial charge in [0.15, 0.2) is 6.29 Å². The van der Waals surface area contributed by atoms with Crippen molar-refractivity contribution in [2.45, 2.75) is 25.3 Å². The summed E-state index contributed by atoms with van der Waals surface area (Å²) in [6, 6.07) is 7.98. The molecule has 0 amide bonds. The first-order valence-electron chi connectivity index (χ1n) is 10.0. The van der Waals surface area contributed by atoms with Crippen molar-refractivity contribution in [3.05, 3.63) is 83.3 Å². The summed E-state index contributed by atoms with van der Waals surface area (Å²) in [4.78, 5) is 20.4. The largest absolute Gasteiger partial charge is 0.492 e. The first-order valence-corrected chi connectivity index (χ1v) is 10.0. The number of anilines is 1. The lowest BCUT2D eigenvalue weighted by Crippen LogP contribution is -2.27. The Bertz CT molecular complexity index is 1100. The van der Waals surface area contributed by atoms with E-state index < -0.39 is 23.5 Å². The number of carbonyl (C=O) groups is 1. The molecule has 0 spiro atoms. The van der Waals surface area contributed by atoms with Crippen molar-refractivity contribution in [2.75, 3.05) is 18.1 Å². The Hall–Kier alpha value is -3.63. The highest BCUT2D eigenvalue weighted by atomic mass is 19.4. The van der Waals surface area contributed by atoms with Gasteiger partial charge in [0.2, 0.25) is 0 Å². The van der Waals surface area contributed by atoms with Gasteiger partial charge in [0.25, 0.3) is 0 Å². The Kier molecular flexibility index (Phi) is 7.75. The summed E-state index contributed by atoms with van der Waals surface area (Å²) in [6.07, 6.45) is -4.65. The summed E-state index contributed by atoms with van der Waals surface area (Å²) in [7, 11) is 0. The van der Waals surface area contributed by atoms with E-state index in [0.717, 1.165) is 6.07 Å². The molecular weight excluding hydrogens is 464 g/mol. The highest BCUT2D eigenvalue weighted by Crippen LogP contribution is 2.38. The minimum atomic E-state index is -4.97. The summed E-state index contributed by atoms with van der Waals surface area (Å²) in [6.45, 7) is 0.0504. The molecule has 1 aromatic carbocycles. The lowest BCUT2D eigenvalue weighted by Gasteiger charge is -2.26. The Balaban J connectivity index is 1.78. The number of aromatic nitrogens is 2. The first-order chi connectivity index (χ1) is 16.1. The molecular formula is C23H19F6N3O2. The number of hydrogen-bond donors (Lipinski definition) is 0. The number of ether oxygens (including phenoxy) is 1. The molecule has 0 unspecified atom stereocenters. The topological polar surface area (TPSA) is 55.3 Å². The molecule has 0 aliphatic heterocycles. The van der Waals surface area contributed by atoms with E-state index in [4.69, 9.17) is 4.74 Å². The van der Waals surface area contributed by atoms with Crippen LogP contribution >= 0.6 is 0 Å². The molecule has 34 heavy (non-hydrogen) atoms. The van der Waals surface area contributed by atoms with Crippen LogP contribution < -0.4 is 9.64 Å². The Morgan fingerprint density at radius 3 is 2.41 bits per heavy atom. The van der Waals surface area contributed by atoms with Crippen molar-refractivity contribution in [3.8, 4) is 5.75 Å². The quantitative estimate of drug-likeness (QED) is 0.219. The molecule has 11 heteroatoms. The molecule has 0 radical (unpaired) electrons. The van der Waals surface area contributed by atoms with Crippen molar-refractivity contribution in [1.82, 2.24) is 9.97 Å². The van der Waals surface area contributed by atoms with Gasteiger partial charge in [-0.3, -0.25) is 9.78 Å². The maximum absolute atomic E-state index is 13.6. The normalized spacial score (nSPS) is 11.8. The third-order valence-corrected chi connectivity index (χ3v) is 4.79. The zero-order valence-electron chi connectivity index (χ0n) is 17.6. The summed E-state index contributed by atoms with van der Waals surface area (Å²) in [5, 5.41) is 0. The van der Waals surface area contributed by atoms with Crippen LogP contribution in [0, 0.1) is 0 Å². The second-order valence-electron chi connectivity index (χ2n) is 7.25. The number of aldehydes is 1. The van der Waals surface area contributed by atoms with Crippen LogP contribution in [-0.2, 0) is 18.9 Å². The summed E-state index contributed by atoms with van der Waals surface area (Å²) < 4.78 is 85.2. The highest BCUT2D eigenvalue weighted by Gasteiger charge is 2.38. The van der Waals surface area contributed by atoms with E-state index in [1.807, 2.05) is 0 Å². The molecule has 2 heterocycles. The summed E-state index contributed by atoms with van der Waals surface area (Å²) >= 11 is 0. The molecule has 0 saturated heterocycles. The lowest BCUT2D eigenvalue weighted by atomic mass is 10.0. The lowest BCUT2D eigenvalue weighted by molar-refractivity contribution is -0.143. The maximum Gasteiger partial charge on any atom is 0.416 e. The number of pyridine rings is 2. The van der Waals surface area contributed by atoms with Crippen molar-refractivity contribution < 1.29 is 35.9 Å². The van der Waals surface area contributed by atoms with Gasteiger partial charge in [-0.2, -0.15) is 26.3 Å². The van der Waals surface area contributed by atoms with Crippen LogP contribution in [0.25, 0.3) is 0 Å². The highest BCUT2D eigenvalue weighted by molar-refractivity contribution is 5.74. The summed E-state index contributed by atoms with van der Waals surface area (Å²) in [5.74, 6) is 0.719. The van der Waals surface area contributed by atoms with Crippen LogP contribution in [0.1, 0.15) is 33.5 Å². The fraction of sp³-hybridized carbons (Fsp3) is 0.261. The number of carbonyl (C=O) groups excluding carboxylic acids is 1. The molecule has 0 fully saturated rings. The molecule has 0 N–H and O–H groups in total. The smallest absolute Gasteiger partial charge is 0.416 e. The number of benzene rings is 1. The number of halogens is 6. The van der Waals surface area contributed by atoms with Crippen LogP contribution in [-0.4, -0.2) is 29.4 Å². The third-order valence-electron chi connectivity index (χ3n) is 4.79. The fourth-order valence-corrected chi connectivity index (χ4v) is 3.20. The second-order valence-corrected chi connectivity index (χ2v) is 7.25. The van der Waals surface area contributed by atoms with E-state index in [-0.39, 0.29) is 31.3 Å². The van der Waals surface area contributed by atoms with Gasteiger partial charge in [-0.25, -0.2) is 4.98 Å². The summed E-state index contributed by atoms with van der Waals surface area (Å²) in [5.41, 5.74) is -2.70. The van der Waals surface area contributed by atoms with Gasteiger partial charge in [-0.15, -0.1) is 0 Å². The number of hydrogen-bond acceptors (Lipinski definition) is 5. The third kappa shape index (κ3) is 6.69. The van der Waals surface area contributed by atoms with Gasteiger partial charge < -0.3 is 9.64 Å². The number of alkyl halides is 6.